The average molecular weight is 400 g/mol. The van der Waals surface area contributed by atoms with E-state index in [4.69, 9.17) is 16.3 Å². The molecule has 1 aliphatic rings. The van der Waals surface area contributed by atoms with E-state index in [9.17, 15) is 14.7 Å². The van der Waals surface area contributed by atoms with E-state index in [0.717, 1.165) is 11.1 Å². The molecule has 6 heteroatoms. The standard InChI is InChI=1S/C22H22ClNO4/c1-14-4-6-15(7-5-14)19-18(20(25)16-8-10-17(23)11-9-16)21(26)22(27)24(19)12-3-13-28-2/h4-11,19,25H,3,12-13H2,1-2H3/b20-18+/t19-/m1/s1. The van der Waals surface area contributed by atoms with E-state index in [-0.39, 0.29) is 11.3 Å². The summed E-state index contributed by atoms with van der Waals surface area (Å²) >= 11 is 5.92. The number of rotatable bonds is 6. The highest BCUT2D eigenvalue weighted by molar-refractivity contribution is 6.46. The number of ketones is 1. The Morgan fingerprint density at radius 1 is 1.11 bits per heavy atom. The van der Waals surface area contributed by atoms with Crippen molar-refractivity contribution >= 4 is 29.1 Å². The molecule has 1 aliphatic heterocycles. The number of aliphatic hydroxyl groups excluding tert-OH is 1. The van der Waals surface area contributed by atoms with Crippen LogP contribution in [0.5, 0.6) is 0 Å². The van der Waals surface area contributed by atoms with E-state index in [2.05, 4.69) is 0 Å². The predicted octanol–water partition coefficient (Wildman–Crippen LogP) is 4.11. The van der Waals surface area contributed by atoms with Crippen LogP contribution in [0.3, 0.4) is 0 Å². The van der Waals surface area contributed by atoms with Gasteiger partial charge in [0.05, 0.1) is 11.6 Å². The lowest BCUT2D eigenvalue weighted by molar-refractivity contribution is -0.140. The monoisotopic (exact) mass is 399 g/mol. The molecule has 1 atom stereocenters. The van der Waals surface area contributed by atoms with Gasteiger partial charge in [-0.2, -0.15) is 0 Å². The number of amides is 1. The van der Waals surface area contributed by atoms with Gasteiger partial charge in [0.15, 0.2) is 0 Å². The molecule has 2 aromatic carbocycles. The molecule has 1 amide bonds. The summed E-state index contributed by atoms with van der Waals surface area (Å²) in [5, 5.41) is 11.4. The second kappa shape index (κ2) is 8.59. The lowest BCUT2D eigenvalue weighted by atomic mass is 9.94. The molecule has 1 heterocycles. The average Bonchev–Trinajstić information content (AvgIpc) is 2.94. The van der Waals surface area contributed by atoms with Gasteiger partial charge in [-0.05, 0) is 43.2 Å². The van der Waals surface area contributed by atoms with Crippen molar-refractivity contribution in [1.29, 1.82) is 0 Å². The zero-order valence-electron chi connectivity index (χ0n) is 15.8. The molecule has 28 heavy (non-hydrogen) atoms. The first kappa shape index (κ1) is 20.1. The fourth-order valence-corrected chi connectivity index (χ4v) is 3.47. The van der Waals surface area contributed by atoms with Crippen molar-refractivity contribution in [3.05, 3.63) is 75.8 Å². The molecule has 0 spiro atoms. The van der Waals surface area contributed by atoms with Crippen molar-refractivity contribution in [2.24, 2.45) is 0 Å². The van der Waals surface area contributed by atoms with Gasteiger partial charge in [-0.15, -0.1) is 0 Å². The Bertz CT molecular complexity index is 903. The van der Waals surface area contributed by atoms with Crippen molar-refractivity contribution in [1.82, 2.24) is 4.90 Å². The minimum absolute atomic E-state index is 0.0913. The second-order valence-electron chi connectivity index (χ2n) is 6.76. The smallest absolute Gasteiger partial charge is 0.295 e. The number of carbonyl (C=O) groups is 2. The van der Waals surface area contributed by atoms with E-state index in [1.807, 2.05) is 31.2 Å². The van der Waals surface area contributed by atoms with Crippen molar-refractivity contribution in [3.63, 3.8) is 0 Å². The summed E-state index contributed by atoms with van der Waals surface area (Å²) in [4.78, 5) is 27.0. The zero-order valence-corrected chi connectivity index (χ0v) is 16.6. The Kier molecular flexibility index (Phi) is 6.17. The zero-order chi connectivity index (χ0) is 20.3. The minimum atomic E-state index is -0.685. The molecule has 146 valence electrons. The van der Waals surface area contributed by atoms with E-state index < -0.39 is 17.7 Å². The SMILES string of the molecule is COCCCN1C(=O)C(=O)/C(=C(/O)c2ccc(Cl)cc2)[C@H]1c1ccc(C)cc1. The van der Waals surface area contributed by atoms with E-state index in [1.54, 1.807) is 31.4 Å². The van der Waals surface area contributed by atoms with Gasteiger partial charge < -0.3 is 14.7 Å². The Balaban J connectivity index is 2.10. The van der Waals surface area contributed by atoms with Crippen LogP contribution >= 0.6 is 11.6 Å². The number of hydrogen-bond donors (Lipinski definition) is 1. The Labute approximate surface area is 169 Å². The van der Waals surface area contributed by atoms with Gasteiger partial charge in [-0.25, -0.2) is 0 Å². The third-order valence-corrected chi connectivity index (χ3v) is 5.05. The summed E-state index contributed by atoms with van der Waals surface area (Å²) in [6, 6.07) is 13.5. The van der Waals surface area contributed by atoms with E-state index in [0.29, 0.717) is 30.2 Å². The molecule has 1 fully saturated rings. The summed E-state index contributed by atoms with van der Waals surface area (Å²) < 4.78 is 5.08. The van der Waals surface area contributed by atoms with Crippen LogP contribution in [-0.2, 0) is 14.3 Å². The fraction of sp³-hybridized carbons (Fsp3) is 0.273. The first-order valence-corrected chi connectivity index (χ1v) is 9.41. The van der Waals surface area contributed by atoms with Crippen LogP contribution in [0, 0.1) is 6.92 Å². The first-order chi connectivity index (χ1) is 13.4. The summed E-state index contributed by atoms with van der Waals surface area (Å²) in [7, 11) is 1.59. The van der Waals surface area contributed by atoms with Gasteiger partial charge in [0.1, 0.15) is 5.76 Å². The molecular formula is C22H22ClNO4. The van der Waals surface area contributed by atoms with Crippen molar-refractivity contribution < 1.29 is 19.4 Å². The number of halogens is 1. The quantitative estimate of drug-likeness (QED) is 0.343. The predicted molar refractivity (Wildman–Crippen MR) is 108 cm³/mol. The highest BCUT2D eigenvalue weighted by atomic mass is 35.5. The Hall–Kier alpha value is -2.63. The molecule has 0 aromatic heterocycles. The number of methoxy groups -OCH3 is 1. The van der Waals surface area contributed by atoms with Gasteiger partial charge in [0.2, 0.25) is 0 Å². The van der Waals surface area contributed by atoms with Gasteiger partial charge in [-0.1, -0.05) is 41.4 Å². The summed E-state index contributed by atoms with van der Waals surface area (Å²) in [6.07, 6.45) is 0.590. The molecule has 1 saturated heterocycles. The van der Waals surface area contributed by atoms with Gasteiger partial charge in [-0.3, -0.25) is 9.59 Å². The molecule has 1 N–H and O–H groups in total. The third-order valence-electron chi connectivity index (χ3n) is 4.80. The van der Waals surface area contributed by atoms with Crippen LogP contribution in [0.2, 0.25) is 5.02 Å². The number of ether oxygens (including phenoxy) is 1. The van der Waals surface area contributed by atoms with Gasteiger partial charge >= 0.3 is 0 Å². The lowest BCUT2D eigenvalue weighted by Crippen LogP contribution is -2.31. The number of aliphatic hydroxyl groups is 1. The summed E-state index contributed by atoms with van der Waals surface area (Å²) in [6.45, 7) is 2.79. The molecular weight excluding hydrogens is 378 g/mol. The van der Waals surface area contributed by atoms with Crippen molar-refractivity contribution in [3.8, 4) is 0 Å². The van der Waals surface area contributed by atoms with Crippen LogP contribution in [0.15, 0.2) is 54.1 Å². The Morgan fingerprint density at radius 2 is 1.75 bits per heavy atom. The number of Topliss-reactive ketones (excluding diaryl/α,β-unsaturated/α-hetero) is 1. The molecule has 0 aliphatic carbocycles. The van der Waals surface area contributed by atoms with Gasteiger partial charge in [0, 0.05) is 30.8 Å². The van der Waals surface area contributed by atoms with Crippen LogP contribution in [0.4, 0.5) is 0 Å². The number of benzene rings is 2. The first-order valence-electron chi connectivity index (χ1n) is 9.04. The molecule has 0 radical (unpaired) electrons. The maximum absolute atomic E-state index is 12.8. The van der Waals surface area contributed by atoms with Crippen LogP contribution in [-0.4, -0.2) is 42.0 Å². The summed E-state index contributed by atoms with van der Waals surface area (Å²) in [5.74, 6) is -1.50. The summed E-state index contributed by atoms with van der Waals surface area (Å²) in [5.41, 5.74) is 2.38. The maximum atomic E-state index is 12.8. The fourth-order valence-electron chi connectivity index (χ4n) is 3.35. The topological polar surface area (TPSA) is 66.8 Å². The number of aryl methyl sites for hydroxylation is 1. The number of hydrogen-bond acceptors (Lipinski definition) is 4. The second-order valence-corrected chi connectivity index (χ2v) is 7.19. The molecule has 2 aromatic rings. The van der Waals surface area contributed by atoms with E-state index >= 15 is 0 Å². The van der Waals surface area contributed by atoms with Crippen LogP contribution < -0.4 is 0 Å². The highest BCUT2D eigenvalue weighted by Crippen LogP contribution is 2.39. The molecule has 3 rings (SSSR count). The largest absolute Gasteiger partial charge is 0.507 e. The molecule has 5 nitrogen and oxygen atoms in total. The molecule has 0 unspecified atom stereocenters. The third kappa shape index (κ3) is 3.96. The van der Waals surface area contributed by atoms with Crippen molar-refractivity contribution in [2.45, 2.75) is 19.4 Å². The van der Waals surface area contributed by atoms with Gasteiger partial charge in [0.25, 0.3) is 11.7 Å². The van der Waals surface area contributed by atoms with Crippen molar-refractivity contribution in [2.75, 3.05) is 20.3 Å². The molecule has 0 bridgehead atoms. The highest BCUT2D eigenvalue weighted by Gasteiger charge is 2.45. The number of nitrogens with zero attached hydrogens (tertiary/aromatic N) is 1. The molecule has 0 saturated carbocycles. The van der Waals surface area contributed by atoms with Crippen LogP contribution in [0.1, 0.15) is 29.2 Å². The Morgan fingerprint density at radius 3 is 2.36 bits per heavy atom. The normalized spacial score (nSPS) is 18.7. The minimum Gasteiger partial charge on any atom is -0.507 e. The lowest BCUT2D eigenvalue weighted by Gasteiger charge is -2.25. The maximum Gasteiger partial charge on any atom is 0.295 e. The van der Waals surface area contributed by atoms with Crippen LogP contribution in [0.25, 0.3) is 5.76 Å². The van der Waals surface area contributed by atoms with E-state index in [1.165, 1.54) is 4.90 Å². The number of carbonyl (C=O) groups excluding carboxylic acids is 2. The number of likely N-dealkylation sites (tertiary alicyclic amines) is 1.